The summed E-state index contributed by atoms with van der Waals surface area (Å²) >= 11 is 5.82. The first-order valence-electron chi connectivity index (χ1n) is 12.0. The third-order valence-electron chi connectivity index (χ3n) is 5.92. The summed E-state index contributed by atoms with van der Waals surface area (Å²) in [5.41, 5.74) is -0.610. The first-order valence-corrected chi connectivity index (χ1v) is 12.4. The van der Waals surface area contributed by atoms with Crippen molar-refractivity contribution >= 4 is 40.3 Å². The van der Waals surface area contributed by atoms with E-state index in [9.17, 15) is 19.1 Å². The molecule has 0 saturated heterocycles. The standard InChI is InChI=1S/C27H32ClFN4O4/c1-27(2,36)13-7-11-21(33(3)25(34)31-16-20-10-6-12-22(28)24(20)29)17-37-26(35)32-23-14-18-8-4-5-9-19(18)15-30-23/h4-6,8-10,12,14-15,21,36H,7,11,13,16-17H2,1-3H3,(H,31,34)(H,30,32,35)/t21-/m0/s1. The molecule has 8 nitrogen and oxygen atoms in total. The van der Waals surface area contributed by atoms with E-state index in [0.29, 0.717) is 25.1 Å². The molecule has 0 fully saturated rings. The Morgan fingerprint density at radius 3 is 2.65 bits per heavy atom. The smallest absolute Gasteiger partial charge is 0.412 e. The van der Waals surface area contributed by atoms with Crippen LogP contribution in [0, 0.1) is 5.82 Å². The number of aromatic nitrogens is 1. The van der Waals surface area contributed by atoms with Crippen LogP contribution >= 0.6 is 11.6 Å². The van der Waals surface area contributed by atoms with Crippen LogP contribution in [0.1, 0.15) is 38.7 Å². The van der Waals surface area contributed by atoms with E-state index in [1.54, 1.807) is 39.2 Å². The highest BCUT2D eigenvalue weighted by molar-refractivity contribution is 6.30. The lowest BCUT2D eigenvalue weighted by Crippen LogP contribution is -2.46. The van der Waals surface area contributed by atoms with Gasteiger partial charge in [-0.2, -0.15) is 0 Å². The van der Waals surface area contributed by atoms with Gasteiger partial charge in [0.2, 0.25) is 0 Å². The summed E-state index contributed by atoms with van der Waals surface area (Å²) in [6.07, 6.45) is 2.52. The van der Waals surface area contributed by atoms with Gasteiger partial charge >= 0.3 is 12.1 Å². The average Bonchev–Trinajstić information content (AvgIpc) is 2.85. The van der Waals surface area contributed by atoms with Crippen LogP contribution < -0.4 is 10.6 Å². The predicted molar refractivity (Wildman–Crippen MR) is 142 cm³/mol. The second-order valence-electron chi connectivity index (χ2n) is 9.48. The largest absolute Gasteiger partial charge is 0.447 e. The Balaban J connectivity index is 1.60. The number of urea groups is 1. The first-order chi connectivity index (χ1) is 17.5. The minimum absolute atomic E-state index is 0.0232. The van der Waals surface area contributed by atoms with Crippen LogP contribution in [0.25, 0.3) is 10.8 Å². The molecule has 2 aromatic carbocycles. The summed E-state index contributed by atoms with van der Waals surface area (Å²) in [4.78, 5) is 30.9. The van der Waals surface area contributed by atoms with Gasteiger partial charge in [-0.1, -0.05) is 48.0 Å². The topological polar surface area (TPSA) is 104 Å². The molecule has 0 spiro atoms. The minimum atomic E-state index is -0.866. The van der Waals surface area contributed by atoms with E-state index in [1.807, 2.05) is 24.3 Å². The Kier molecular flexibility index (Phi) is 9.66. The molecule has 0 saturated carbocycles. The summed E-state index contributed by atoms with van der Waals surface area (Å²) in [6.45, 7) is 3.28. The van der Waals surface area contributed by atoms with Crippen LogP contribution in [0.5, 0.6) is 0 Å². The maximum absolute atomic E-state index is 14.2. The quantitative estimate of drug-likeness (QED) is 0.311. The molecule has 3 aromatic rings. The Morgan fingerprint density at radius 2 is 1.92 bits per heavy atom. The molecule has 0 aliphatic heterocycles. The number of fused-ring (bicyclic) bond motifs is 1. The van der Waals surface area contributed by atoms with E-state index < -0.39 is 29.6 Å². The van der Waals surface area contributed by atoms with Crippen molar-refractivity contribution in [2.24, 2.45) is 0 Å². The minimum Gasteiger partial charge on any atom is -0.447 e. The number of nitrogens with one attached hydrogen (secondary N) is 2. The highest BCUT2D eigenvalue weighted by atomic mass is 35.5. The maximum Gasteiger partial charge on any atom is 0.412 e. The van der Waals surface area contributed by atoms with Crippen LogP contribution in [0.3, 0.4) is 0 Å². The van der Waals surface area contributed by atoms with Gasteiger partial charge < -0.3 is 20.1 Å². The highest BCUT2D eigenvalue weighted by Gasteiger charge is 2.23. The molecule has 1 heterocycles. The molecule has 0 aliphatic rings. The number of benzene rings is 2. The summed E-state index contributed by atoms with van der Waals surface area (Å²) < 4.78 is 19.6. The number of rotatable bonds is 10. The molecule has 3 amide bonds. The van der Waals surface area contributed by atoms with Gasteiger partial charge in [0.1, 0.15) is 18.2 Å². The Bertz CT molecular complexity index is 1230. The van der Waals surface area contributed by atoms with Crippen LogP contribution in [0.15, 0.2) is 54.7 Å². The van der Waals surface area contributed by atoms with Gasteiger partial charge in [0.15, 0.2) is 0 Å². The van der Waals surface area contributed by atoms with Gasteiger partial charge in [0, 0.05) is 30.7 Å². The molecule has 3 rings (SSSR count). The molecule has 10 heteroatoms. The number of carbonyl (C=O) groups excluding carboxylic acids is 2. The fourth-order valence-electron chi connectivity index (χ4n) is 3.77. The van der Waals surface area contributed by atoms with Crippen molar-refractivity contribution in [1.29, 1.82) is 0 Å². The number of halogens is 2. The molecule has 198 valence electrons. The fourth-order valence-corrected chi connectivity index (χ4v) is 3.96. The number of anilines is 1. The van der Waals surface area contributed by atoms with E-state index >= 15 is 0 Å². The van der Waals surface area contributed by atoms with Crippen molar-refractivity contribution in [3.8, 4) is 0 Å². The van der Waals surface area contributed by atoms with Gasteiger partial charge in [0.25, 0.3) is 0 Å². The number of hydrogen-bond donors (Lipinski definition) is 3. The average molecular weight is 531 g/mol. The number of nitrogens with zero attached hydrogens (tertiary/aromatic N) is 2. The van der Waals surface area contributed by atoms with Crippen LogP contribution in [0.4, 0.5) is 19.8 Å². The van der Waals surface area contributed by atoms with Crippen molar-refractivity contribution in [3.63, 3.8) is 0 Å². The van der Waals surface area contributed by atoms with E-state index in [-0.39, 0.29) is 23.7 Å². The van der Waals surface area contributed by atoms with Gasteiger partial charge in [-0.05, 0) is 50.6 Å². The zero-order valence-electron chi connectivity index (χ0n) is 21.1. The van der Waals surface area contributed by atoms with Gasteiger partial charge in [-0.25, -0.2) is 19.0 Å². The summed E-state index contributed by atoms with van der Waals surface area (Å²) in [6, 6.07) is 13.0. The number of amides is 3. The fraction of sp³-hybridized carbons (Fsp3) is 0.370. The number of pyridine rings is 1. The molecule has 1 atom stereocenters. The second-order valence-corrected chi connectivity index (χ2v) is 9.89. The van der Waals surface area contributed by atoms with Gasteiger partial charge in [-0.15, -0.1) is 0 Å². The highest BCUT2D eigenvalue weighted by Crippen LogP contribution is 2.19. The van der Waals surface area contributed by atoms with Crippen molar-refractivity contribution < 1.29 is 23.8 Å². The molecule has 1 aromatic heterocycles. The second kappa shape index (κ2) is 12.7. The van der Waals surface area contributed by atoms with E-state index in [1.165, 1.54) is 17.0 Å². The normalized spacial score (nSPS) is 12.2. The van der Waals surface area contributed by atoms with Crippen molar-refractivity contribution in [3.05, 3.63) is 71.1 Å². The third kappa shape index (κ3) is 8.58. The number of ether oxygens (including phenoxy) is 1. The van der Waals surface area contributed by atoms with Crippen LogP contribution in [-0.2, 0) is 11.3 Å². The number of hydrogen-bond acceptors (Lipinski definition) is 5. The van der Waals surface area contributed by atoms with Gasteiger partial charge in [-0.3, -0.25) is 5.32 Å². The summed E-state index contributed by atoms with van der Waals surface area (Å²) in [5, 5.41) is 17.2. The Hall–Kier alpha value is -3.43. The third-order valence-corrected chi connectivity index (χ3v) is 6.22. The lowest BCUT2D eigenvalue weighted by Gasteiger charge is -2.29. The predicted octanol–water partition coefficient (Wildman–Crippen LogP) is 5.73. The van der Waals surface area contributed by atoms with Crippen molar-refractivity contribution in [2.75, 3.05) is 19.0 Å². The maximum atomic E-state index is 14.2. The number of aliphatic hydroxyl groups is 1. The molecule has 3 N–H and O–H groups in total. The zero-order valence-corrected chi connectivity index (χ0v) is 21.9. The molecule has 0 unspecified atom stereocenters. The summed E-state index contributed by atoms with van der Waals surface area (Å²) in [7, 11) is 1.57. The SMILES string of the molecule is CN(C(=O)NCc1cccc(Cl)c1F)[C@@H](CCCC(C)(C)O)COC(=O)Nc1cc2ccccc2cn1. The van der Waals surface area contributed by atoms with Crippen molar-refractivity contribution in [2.45, 2.75) is 51.3 Å². The molecule has 0 aliphatic carbocycles. The molecule has 0 bridgehead atoms. The first kappa shape index (κ1) is 28.1. The van der Waals surface area contributed by atoms with Crippen LogP contribution in [-0.4, -0.2) is 52.4 Å². The van der Waals surface area contributed by atoms with E-state index in [4.69, 9.17) is 16.3 Å². The molecular formula is C27H32ClFN4O4. The number of likely N-dealkylation sites (N-methyl/N-ethyl adjacent to an activating group) is 1. The van der Waals surface area contributed by atoms with E-state index in [0.717, 1.165) is 10.8 Å². The van der Waals surface area contributed by atoms with Crippen LogP contribution in [0.2, 0.25) is 5.02 Å². The lowest BCUT2D eigenvalue weighted by molar-refractivity contribution is 0.0625. The molecule has 0 radical (unpaired) electrons. The summed E-state index contributed by atoms with van der Waals surface area (Å²) in [5.74, 6) is -0.243. The zero-order chi connectivity index (χ0) is 27.0. The monoisotopic (exact) mass is 530 g/mol. The number of carbonyl (C=O) groups is 2. The van der Waals surface area contributed by atoms with Crippen molar-refractivity contribution in [1.82, 2.24) is 15.2 Å². The van der Waals surface area contributed by atoms with E-state index in [2.05, 4.69) is 15.6 Å². The van der Waals surface area contributed by atoms with Gasteiger partial charge in [0.05, 0.1) is 16.7 Å². The Morgan fingerprint density at radius 1 is 1.19 bits per heavy atom. The lowest BCUT2D eigenvalue weighted by atomic mass is 9.99. The molecular weight excluding hydrogens is 499 g/mol. The molecule has 37 heavy (non-hydrogen) atoms. The Labute approximate surface area is 220 Å².